The zero-order valence-corrected chi connectivity index (χ0v) is 10.2. The lowest BCUT2D eigenvalue weighted by Gasteiger charge is -2.21. The van der Waals surface area contributed by atoms with E-state index in [2.05, 4.69) is 5.32 Å². The summed E-state index contributed by atoms with van der Waals surface area (Å²) in [6, 6.07) is 3.24. The summed E-state index contributed by atoms with van der Waals surface area (Å²) in [6.45, 7) is 0.998. The van der Waals surface area contributed by atoms with Crippen LogP contribution < -0.4 is 5.32 Å². The standard InChI is InChI=1S/C13H16F2N2O/c1-17(13(18)12-3-2-6-16-12)8-9-4-5-10(14)7-11(9)15/h4-5,7,12,16H,2-3,6,8H2,1H3. The molecular formula is C13H16F2N2O. The summed E-state index contributed by atoms with van der Waals surface area (Å²) in [5, 5.41) is 3.10. The first kappa shape index (κ1) is 13.0. The van der Waals surface area contributed by atoms with Gasteiger partial charge in [0.2, 0.25) is 5.91 Å². The van der Waals surface area contributed by atoms with Crippen molar-refractivity contribution in [3.63, 3.8) is 0 Å². The van der Waals surface area contributed by atoms with Crippen LogP contribution in [0.15, 0.2) is 18.2 Å². The second kappa shape index (κ2) is 5.44. The van der Waals surface area contributed by atoms with E-state index in [1.54, 1.807) is 7.05 Å². The molecule has 1 aliphatic rings. The van der Waals surface area contributed by atoms with Gasteiger partial charge in [-0.3, -0.25) is 4.79 Å². The number of halogens is 2. The predicted molar refractivity (Wildman–Crippen MR) is 63.9 cm³/mol. The van der Waals surface area contributed by atoms with Crippen LogP contribution in [0.4, 0.5) is 8.78 Å². The van der Waals surface area contributed by atoms with Gasteiger partial charge in [0.15, 0.2) is 0 Å². The molecule has 1 heterocycles. The Balaban J connectivity index is 2.01. The van der Waals surface area contributed by atoms with Gasteiger partial charge in [0, 0.05) is 25.2 Å². The van der Waals surface area contributed by atoms with E-state index < -0.39 is 11.6 Å². The van der Waals surface area contributed by atoms with Crippen LogP contribution in [-0.2, 0) is 11.3 Å². The van der Waals surface area contributed by atoms with E-state index in [4.69, 9.17) is 0 Å². The first-order valence-electron chi connectivity index (χ1n) is 6.00. The van der Waals surface area contributed by atoms with Gasteiger partial charge in [-0.25, -0.2) is 8.78 Å². The first-order chi connectivity index (χ1) is 8.58. The Bertz CT molecular complexity index is 445. The fourth-order valence-corrected chi connectivity index (χ4v) is 2.14. The van der Waals surface area contributed by atoms with Crippen LogP contribution >= 0.6 is 0 Å². The van der Waals surface area contributed by atoms with Crippen molar-refractivity contribution in [3.8, 4) is 0 Å². The quantitative estimate of drug-likeness (QED) is 0.890. The molecule has 3 nitrogen and oxygen atoms in total. The number of amides is 1. The Kier molecular flexibility index (Phi) is 3.91. The van der Waals surface area contributed by atoms with Gasteiger partial charge in [0.1, 0.15) is 11.6 Å². The predicted octanol–water partition coefficient (Wildman–Crippen LogP) is 1.68. The van der Waals surface area contributed by atoms with E-state index >= 15 is 0 Å². The number of carbonyl (C=O) groups excluding carboxylic acids is 1. The summed E-state index contributed by atoms with van der Waals surface area (Å²) < 4.78 is 26.2. The molecule has 5 heteroatoms. The van der Waals surface area contributed by atoms with E-state index in [9.17, 15) is 13.6 Å². The lowest BCUT2D eigenvalue weighted by molar-refractivity contribution is -0.132. The Morgan fingerprint density at radius 1 is 1.50 bits per heavy atom. The Hall–Kier alpha value is -1.49. The molecule has 1 amide bonds. The number of nitrogens with one attached hydrogen (secondary N) is 1. The third-order valence-electron chi connectivity index (χ3n) is 3.16. The molecule has 1 N–H and O–H groups in total. The van der Waals surface area contributed by atoms with Crippen LogP contribution in [0.2, 0.25) is 0 Å². The molecule has 1 aliphatic heterocycles. The van der Waals surface area contributed by atoms with Crippen LogP contribution in [-0.4, -0.2) is 30.4 Å². The SMILES string of the molecule is CN(Cc1ccc(F)cc1F)C(=O)C1CCCN1. The topological polar surface area (TPSA) is 32.3 Å². The second-order valence-corrected chi connectivity index (χ2v) is 4.58. The van der Waals surface area contributed by atoms with Crippen molar-refractivity contribution in [1.29, 1.82) is 0 Å². The van der Waals surface area contributed by atoms with Gasteiger partial charge in [-0.05, 0) is 25.5 Å². The summed E-state index contributed by atoms with van der Waals surface area (Å²) >= 11 is 0. The van der Waals surface area contributed by atoms with Gasteiger partial charge in [0.05, 0.1) is 6.04 Å². The van der Waals surface area contributed by atoms with Gasteiger partial charge in [-0.1, -0.05) is 6.07 Å². The van der Waals surface area contributed by atoms with Gasteiger partial charge < -0.3 is 10.2 Å². The largest absolute Gasteiger partial charge is 0.340 e. The van der Waals surface area contributed by atoms with E-state index in [1.165, 1.54) is 17.0 Å². The fourth-order valence-electron chi connectivity index (χ4n) is 2.14. The summed E-state index contributed by atoms with van der Waals surface area (Å²) in [5.74, 6) is -1.27. The summed E-state index contributed by atoms with van der Waals surface area (Å²) in [7, 11) is 1.63. The number of carbonyl (C=O) groups is 1. The molecule has 0 saturated carbocycles. The van der Waals surface area contributed by atoms with Crippen molar-refractivity contribution in [3.05, 3.63) is 35.4 Å². The summed E-state index contributed by atoms with van der Waals surface area (Å²) in [4.78, 5) is 13.5. The van der Waals surface area contributed by atoms with Crippen LogP contribution in [0.3, 0.4) is 0 Å². The average molecular weight is 254 g/mol. The van der Waals surface area contributed by atoms with Crippen LogP contribution in [0.5, 0.6) is 0 Å². The number of rotatable bonds is 3. The third kappa shape index (κ3) is 2.85. The molecule has 1 atom stereocenters. The molecule has 0 bridgehead atoms. The highest BCUT2D eigenvalue weighted by Gasteiger charge is 2.25. The summed E-state index contributed by atoms with van der Waals surface area (Å²) in [5.41, 5.74) is 0.324. The molecule has 0 radical (unpaired) electrons. The van der Waals surface area contributed by atoms with Crippen molar-refractivity contribution in [2.24, 2.45) is 0 Å². The van der Waals surface area contributed by atoms with E-state index in [1.807, 2.05) is 0 Å². The van der Waals surface area contributed by atoms with E-state index in [-0.39, 0.29) is 18.5 Å². The highest BCUT2D eigenvalue weighted by molar-refractivity contribution is 5.81. The Morgan fingerprint density at radius 2 is 2.28 bits per heavy atom. The fraction of sp³-hybridized carbons (Fsp3) is 0.462. The van der Waals surface area contributed by atoms with Gasteiger partial charge >= 0.3 is 0 Å². The van der Waals surface area contributed by atoms with Gasteiger partial charge in [-0.2, -0.15) is 0 Å². The number of nitrogens with zero attached hydrogens (tertiary/aromatic N) is 1. The van der Waals surface area contributed by atoms with Crippen LogP contribution in [0.1, 0.15) is 18.4 Å². The van der Waals surface area contributed by atoms with Gasteiger partial charge in [-0.15, -0.1) is 0 Å². The first-order valence-corrected chi connectivity index (χ1v) is 6.00. The number of benzene rings is 1. The smallest absolute Gasteiger partial charge is 0.239 e. The molecule has 18 heavy (non-hydrogen) atoms. The number of likely N-dealkylation sites (N-methyl/N-ethyl adjacent to an activating group) is 1. The second-order valence-electron chi connectivity index (χ2n) is 4.58. The zero-order valence-electron chi connectivity index (χ0n) is 10.2. The normalized spacial score (nSPS) is 18.9. The monoisotopic (exact) mass is 254 g/mol. The lowest BCUT2D eigenvalue weighted by atomic mass is 10.1. The molecule has 1 aromatic carbocycles. The Labute approximate surface area is 105 Å². The van der Waals surface area contributed by atoms with Crippen molar-refractivity contribution >= 4 is 5.91 Å². The zero-order chi connectivity index (χ0) is 13.1. The molecule has 98 valence electrons. The molecule has 1 unspecified atom stereocenters. The molecule has 1 aromatic rings. The highest BCUT2D eigenvalue weighted by Crippen LogP contribution is 2.14. The van der Waals surface area contributed by atoms with Crippen LogP contribution in [0, 0.1) is 11.6 Å². The lowest BCUT2D eigenvalue weighted by Crippen LogP contribution is -2.41. The van der Waals surface area contributed by atoms with Crippen molar-refractivity contribution in [2.45, 2.75) is 25.4 Å². The average Bonchev–Trinajstić information content (AvgIpc) is 2.85. The van der Waals surface area contributed by atoms with Gasteiger partial charge in [0.25, 0.3) is 0 Å². The van der Waals surface area contributed by atoms with E-state index in [0.29, 0.717) is 5.56 Å². The van der Waals surface area contributed by atoms with E-state index in [0.717, 1.165) is 25.5 Å². The molecule has 0 aliphatic carbocycles. The minimum absolute atomic E-state index is 0.0452. The van der Waals surface area contributed by atoms with Crippen molar-refractivity contribution < 1.29 is 13.6 Å². The van der Waals surface area contributed by atoms with Crippen molar-refractivity contribution in [2.75, 3.05) is 13.6 Å². The number of hydrogen-bond acceptors (Lipinski definition) is 2. The summed E-state index contributed by atoms with van der Waals surface area (Å²) in [6.07, 6.45) is 1.80. The maximum atomic E-state index is 13.5. The minimum Gasteiger partial charge on any atom is -0.340 e. The molecular weight excluding hydrogens is 238 g/mol. The number of hydrogen-bond donors (Lipinski definition) is 1. The highest BCUT2D eigenvalue weighted by atomic mass is 19.1. The molecule has 2 rings (SSSR count). The third-order valence-corrected chi connectivity index (χ3v) is 3.16. The Morgan fingerprint density at radius 3 is 2.89 bits per heavy atom. The molecule has 0 spiro atoms. The maximum Gasteiger partial charge on any atom is 0.239 e. The molecule has 0 aromatic heterocycles. The molecule has 1 fully saturated rings. The maximum absolute atomic E-state index is 13.5. The van der Waals surface area contributed by atoms with Crippen LogP contribution in [0.25, 0.3) is 0 Å². The minimum atomic E-state index is -0.617. The van der Waals surface area contributed by atoms with Crippen molar-refractivity contribution in [1.82, 2.24) is 10.2 Å². The molecule has 1 saturated heterocycles.